The summed E-state index contributed by atoms with van der Waals surface area (Å²) in [4.78, 5) is 20.4. The Balaban J connectivity index is 0.000000185. The van der Waals surface area contributed by atoms with Crippen LogP contribution in [-0.4, -0.2) is 21.1 Å². The van der Waals surface area contributed by atoms with Crippen LogP contribution in [0.15, 0.2) is 66.7 Å². The summed E-state index contributed by atoms with van der Waals surface area (Å²) in [6, 6.07) is 17.6. The Morgan fingerprint density at radius 2 is 1.43 bits per heavy atom. The number of phenols is 1. The predicted molar refractivity (Wildman–Crippen MR) is 85.7 cm³/mol. The van der Waals surface area contributed by atoms with Gasteiger partial charge in [-0.05, 0) is 24.3 Å². The van der Waals surface area contributed by atoms with Crippen molar-refractivity contribution < 1.29 is 19.9 Å². The van der Waals surface area contributed by atoms with Crippen LogP contribution in [0.4, 0.5) is 5.69 Å². The number of rotatable bonds is 2. The van der Waals surface area contributed by atoms with Crippen molar-refractivity contribution >= 4 is 22.4 Å². The highest BCUT2D eigenvalue weighted by atomic mass is 16.6. The van der Waals surface area contributed by atoms with E-state index >= 15 is 0 Å². The molecule has 0 unspecified atom stereocenters. The number of hydrogen-bond acceptors (Lipinski definition) is 4. The van der Waals surface area contributed by atoms with Gasteiger partial charge in [0.2, 0.25) is 0 Å². The number of hydrogen-bond donors (Lipinski definition) is 2. The number of aromatic carboxylic acids is 1. The van der Waals surface area contributed by atoms with E-state index in [0.29, 0.717) is 16.3 Å². The van der Waals surface area contributed by atoms with Crippen LogP contribution in [0.5, 0.6) is 5.75 Å². The Morgan fingerprint density at radius 3 is 1.96 bits per heavy atom. The van der Waals surface area contributed by atoms with E-state index < -0.39 is 10.9 Å². The molecule has 3 aromatic rings. The van der Waals surface area contributed by atoms with Crippen molar-refractivity contribution in [2.75, 3.05) is 0 Å². The van der Waals surface area contributed by atoms with Gasteiger partial charge in [-0.2, -0.15) is 0 Å². The van der Waals surface area contributed by atoms with Crippen molar-refractivity contribution in [3.8, 4) is 5.75 Å². The predicted octanol–water partition coefficient (Wildman–Crippen LogP) is 3.84. The molecule has 0 spiro atoms. The van der Waals surface area contributed by atoms with Crippen molar-refractivity contribution in [2.24, 2.45) is 0 Å². The lowest BCUT2D eigenvalue weighted by Gasteiger charge is -2.00. The van der Waals surface area contributed by atoms with Gasteiger partial charge in [-0.1, -0.05) is 36.4 Å². The smallest absolute Gasteiger partial charge is 0.335 e. The Morgan fingerprint density at radius 1 is 0.870 bits per heavy atom. The van der Waals surface area contributed by atoms with E-state index in [1.54, 1.807) is 54.6 Å². The van der Waals surface area contributed by atoms with Gasteiger partial charge < -0.3 is 10.2 Å². The summed E-state index contributed by atoms with van der Waals surface area (Å²) in [7, 11) is 0. The molecule has 0 radical (unpaired) electrons. The zero-order valence-corrected chi connectivity index (χ0v) is 11.9. The number of phenolic OH excluding ortho intramolecular Hbond substituents is 1. The quantitative estimate of drug-likeness (QED) is 0.553. The van der Waals surface area contributed by atoms with E-state index in [1.807, 2.05) is 0 Å². The van der Waals surface area contributed by atoms with Gasteiger partial charge in [0.15, 0.2) is 0 Å². The SMILES string of the molecule is O=C(O)c1ccccc1.O=[N+]([O-])c1ccc(O)c2ccccc12. The molecule has 6 nitrogen and oxygen atoms in total. The highest BCUT2D eigenvalue weighted by Crippen LogP contribution is 2.31. The summed E-state index contributed by atoms with van der Waals surface area (Å²) in [5.74, 6) is -0.818. The van der Waals surface area contributed by atoms with Gasteiger partial charge in [-0.15, -0.1) is 0 Å². The second-order valence-corrected chi connectivity index (χ2v) is 4.58. The fourth-order valence-electron chi connectivity index (χ4n) is 2.01. The first-order valence-electron chi connectivity index (χ1n) is 6.64. The topological polar surface area (TPSA) is 101 Å². The first kappa shape index (κ1) is 16.0. The van der Waals surface area contributed by atoms with Gasteiger partial charge in [0, 0.05) is 11.5 Å². The fraction of sp³-hybridized carbons (Fsp3) is 0. The standard InChI is InChI=1S/C10H7NO3.C7H6O2/c12-10-6-5-9(11(13)14)7-3-1-2-4-8(7)10;8-7(9)6-4-2-1-3-5-6/h1-6,12H;1-5H,(H,8,9). The van der Waals surface area contributed by atoms with Crippen LogP contribution >= 0.6 is 0 Å². The number of nitro groups is 1. The van der Waals surface area contributed by atoms with Gasteiger partial charge >= 0.3 is 5.97 Å². The van der Waals surface area contributed by atoms with Crippen molar-refractivity contribution in [1.29, 1.82) is 0 Å². The molecule has 0 fully saturated rings. The Kier molecular flexibility index (Phi) is 4.89. The largest absolute Gasteiger partial charge is 0.507 e. The zero-order chi connectivity index (χ0) is 16.8. The van der Waals surface area contributed by atoms with Gasteiger partial charge in [0.1, 0.15) is 5.75 Å². The molecule has 0 heterocycles. The van der Waals surface area contributed by atoms with Gasteiger partial charge in [-0.25, -0.2) is 4.79 Å². The number of carboxylic acids is 1. The number of carboxylic acid groups (broad SMARTS) is 1. The summed E-state index contributed by atoms with van der Waals surface area (Å²) in [5.41, 5.74) is 0.343. The van der Waals surface area contributed by atoms with Crippen LogP contribution in [0.3, 0.4) is 0 Å². The lowest BCUT2D eigenvalue weighted by molar-refractivity contribution is -0.383. The molecular weight excluding hydrogens is 298 g/mol. The number of non-ortho nitro benzene ring substituents is 1. The fourth-order valence-corrected chi connectivity index (χ4v) is 2.01. The highest BCUT2D eigenvalue weighted by molar-refractivity contribution is 5.95. The van der Waals surface area contributed by atoms with Crippen LogP contribution in [0, 0.1) is 10.1 Å². The van der Waals surface area contributed by atoms with Gasteiger partial charge in [-0.3, -0.25) is 10.1 Å². The van der Waals surface area contributed by atoms with Gasteiger partial charge in [0.05, 0.1) is 15.9 Å². The van der Waals surface area contributed by atoms with E-state index in [1.165, 1.54) is 12.1 Å². The van der Waals surface area contributed by atoms with E-state index in [-0.39, 0.29) is 11.4 Å². The minimum Gasteiger partial charge on any atom is -0.507 e. The highest BCUT2D eigenvalue weighted by Gasteiger charge is 2.12. The summed E-state index contributed by atoms with van der Waals surface area (Å²) in [6.07, 6.45) is 0. The number of benzene rings is 3. The van der Waals surface area contributed by atoms with Crippen molar-refractivity contribution in [1.82, 2.24) is 0 Å². The Bertz CT molecular complexity index is 846. The first-order chi connectivity index (χ1) is 11.0. The van der Waals surface area contributed by atoms with E-state index in [0.717, 1.165) is 0 Å². The minimum absolute atomic E-state index is 0.0124. The minimum atomic E-state index is -0.879. The summed E-state index contributed by atoms with van der Waals surface area (Å²) in [5, 5.41) is 29.4. The van der Waals surface area contributed by atoms with Crippen LogP contribution in [-0.2, 0) is 0 Å². The normalized spacial score (nSPS) is 9.74. The molecule has 0 atom stereocenters. The average molecular weight is 311 g/mol. The molecule has 6 heteroatoms. The molecule has 0 saturated heterocycles. The third-order valence-corrected chi connectivity index (χ3v) is 3.10. The molecule has 0 aliphatic heterocycles. The number of carbonyl (C=O) groups is 1. The van der Waals surface area contributed by atoms with Crippen molar-refractivity contribution in [3.63, 3.8) is 0 Å². The summed E-state index contributed by atoms with van der Waals surface area (Å²) >= 11 is 0. The number of aromatic hydroxyl groups is 1. The molecule has 116 valence electrons. The molecule has 0 saturated carbocycles. The number of nitro benzene ring substituents is 1. The lowest BCUT2D eigenvalue weighted by atomic mass is 10.1. The monoisotopic (exact) mass is 311 g/mol. The summed E-state index contributed by atoms with van der Waals surface area (Å²) < 4.78 is 0. The van der Waals surface area contributed by atoms with Crippen molar-refractivity contribution in [2.45, 2.75) is 0 Å². The Hall–Kier alpha value is -3.41. The molecule has 2 N–H and O–H groups in total. The van der Waals surface area contributed by atoms with Crippen LogP contribution in [0.25, 0.3) is 10.8 Å². The average Bonchev–Trinajstić information content (AvgIpc) is 2.56. The lowest BCUT2D eigenvalue weighted by Crippen LogP contribution is -1.93. The molecule has 0 bridgehead atoms. The molecule has 0 amide bonds. The van der Waals surface area contributed by atoms with Crippen LogP contribution in [0.1, 0.15) is 10.4 Å². The molecule has 0 aliphatic rings. The molecule has 3 rings (SSSR count). The summed E-state index contributed by atoms with van der Waals surface area (Å²) in [6.45, 7) is 0. The molecular formula is C17H13NO5. The Labute approximate surface area is 131 Å². The van der Waals surface area contributed by atoms with E-state index in [9.17, 15) is 20.0 Å². The van der Waals surface area contributed by atoms with E-state index in [2.05, 4.69) is 0 Å². The molecule has 0 aliphatic carbocycles. The first-order valence-corrected chi connectivity index (χ1v) is 6.64. The van der Waals surface area contributed by atoms with Gasteiger partial charge in [0.25, 0.3) is 5.69 Å². The van der Waals surface area contributed by atoms with Crippen molar-refractivity contribution in [3.05, 3.63) is 82.4 Å². The van der Waals surface area contributed by atoms with Crippen LogP contribution < -0.4 is 0 Å². The number of fused-ring (bicyclic) bond motifs is 1. The maximum Gasteiger partial charge on any atom is 0.335 e. The second-order valence-electron chi connectivity index (χ2n) is 4.58. The third-order valence-electron chi connectivity index (χ3n) is 3.10. The van der Waals surface area contributed by atoms with Crippen LogP contribution in [0.2, 0.25) is 0 Å². The zero-order valence-electron chi connectivity index (χ0n) is 11.9. The molecule has 3 aromatic carbocycles. The second kappa shape index (κ2) is 7.04. The molecule has 0 aromatic heterocycles. The molecule has 23 heavy (non-hydrogen) atoms. The van der Waals surface area contributed by atoms with E-state index in [4.69, 9.17) is 5.11 Å². The maximum absolute atomic E-state index is 10.7. The third kappa shape index (κ3) is 3.82. The maximum atomic E-state index is 10.7. The number of nitrogens with zero attached hydrogens (tertiary/aromatic N) is 1.